The molecule has 1 rings (SSSR count). The number of aromatic nitrogens is 2. The average molecular weight is 141 g/mol. The third kappa shape index (κ3) is 2.05. The van der Waals surface area contributed by atoms with Crippen molar-refractivity contribution in [3.63, 3.8) is 0 Å². The van der Waals surface area contributed by atoms with E-state index in [2.05, 4.69) is 15.5 Å². The quantitative estimate of drug-likeness (QED) is 0.640. The number of hydrogen-bond donors (Lipinski definition) is 1. The zero-order valence-electron chi connectivity index (χ0n) is 6.38. The molecule has 1 aromatic rings. The Morgan fingerprint density at radius 2 is 2.20 bits per heavy atom. The van der Waals surface area contributed by atoms with Crippen LogP contribution in [-0.2, 0) is 0 Å². The van der Waals surface area contributed by atoms with E-state index in [0.717, 1.165) is 0 Å². The standard InChI is InChI=1S/C6H11N3O/c1-6(2,3)8-5-9-7-4-10-5/h4H,1-3H3,(H,8,9). The van der Waals surface area contributed by atoms with Gasteiger partial charge in [-0.1, -0.05) is 5.10 Å². The number of anilines is 1. The summed E-state index contributed by atoms with van der Waals surface area (Å²) in [5.41, 5.74) is -0.0213. The van der Waals surface area contributed by atoms with Gasteiger partial charge in [0.15, 0.2) is 0 Å². The van der Waals surface area contributed by atoms with Gasteiger partial charge in [0.1, 0.15) is 0 Å². The number of rotatable bonds is 1. The van der Waals surface area contributed by atoms with Crippen molar-refractivity contribution in [1.82, 2.24) is 10.2 Å². The minimum Gasteiger partial charge on any atom is -0.411 e. The monoisotopic (exact) mass is 141 g/mol. The zero-order chi connectivity index (χ0) is 7.61. The van der Waals surface area contributed by atoms with Gasteiger partial charge < -0.3 is 9.73 Å². The molecule has 0 unspecified atom stereocenters. The van der Waals surface area contributed by atoms with E-state index in [1.165, 1.54) is 6.39 Å². The summed E-state index contributed by atoms with van der Waals surface area (Å²) in [6.45, 7) is 6.07. The summed E-state index contributed by atoms with van der Waals surface area (Å²) >= 11 is 0. The molecular formula is C6H11N3O. The number of nitrogens with zero attached hydrogens (tertiary/aromatic N) is 2. The first kappa shape index (κ1) is 7.05. The SMILES string of the molecule is CC(C)(C)Nc1nnco1. The molecule has 56 valence electrons. The molecule has 0 aliphatic carbocycles. The van der Waals surface area contributed by atoms with Crippen LogP contribution in [0.4, 0.5) is 6.01 Å². The second-order valence-corrected chi connectivity index (χ2v) is 3.12. The highest BCUT2D eigenvalue weighted by Crippen LogP contribution is 2.09. The van der Waals surface area contributed by atoms with Crippen LogP contribution in [0.2, 0.25) is 0 Å². The van der Waals surface area contributed by atoms with Crippen LogP contribution in [0.3, 0.4) is 0 Å². The molecule has 0 bridgehead atoms. The fraction of sp³-hybridized carbons (Fsp3) is 0.667. The van der Waals surface area contributed by atoms with Crippen molar-refractivity contribution in [2.45, 2.75) is 26.3 Å². The fourth-order valence-corrected chi connectivity index (χ4v) is 0.548. The van der Waals surface area contributed by atoms with Gasteiger partial charge in [-0.25, -0.2) is 0 Å². The molecular weight excluding hydrogens is 130 g/mol. The molecule has 0 fully saturated rings. The van der Waals surface area contributed by atoms with Crippen LogP contribution < -0.4 is 5.32 Å². The lowest BCUT2D eigenvalue weighted by molar-refractivity contribution is 0.528. The lowest BCUT2D eigenvalue weighted by Crippen LogP contribution is -2.26. The van der Waals surface area contributed by atoms with Crippen LogP contribution in [-0.4, -0.2) is 15.7 Å². The van der Waals surface area contributed by atoms with Gasteiger partial charge in [0.2, 0.25) is 6.39 Å². The molecule has 10 heavy (non-hydrogen) atoms. The maximum absolute atomic E-state index is 4.88. The van der Waals surface area contributed by atoms with E-state index < -0.39 is 0 Å². The van der Waals surface area contributed by atoms with Gasteiger partial charge in [-0.3, -0.25) is 0 Å². The number of nitrogens with one attached hydrogen (secondary N) is 1. The summed E-state index contributed by atoms with van der Waals surface area (Å²) in [4.78, 5) is 0. The topological polar surface area (TPSA) is 51.0 Å². The predicted octanol–water partition coefficient (Wildman–Crippen LogP) is 1.28. The van der Waals surface area contributed by atoms with Crippen LogP contribution >= 0.6 is 0 Å². The Hall–Kier alpha value is -1.06. The average Bonchev–Trinajstić information content (AvgIpc) is 2.12. The van der Waals surface area contributed by atoms with Crippen LogP contribution in [0.25, 0.3) is 0 Å². The minimum absolute atomic E-state index is 0.0213. The van der Waals surface area contributed by atoms with Crippen molar-refractivity contribution in [1.29, 1.82) is 0 Å². The zero-order valence-corrected chi connectivity index (χ0v) is 6.38. The highest BCUT2D eigenvalue weighted by molar-refractivity contribution is 5.20. The molecule has 1 heterocycles. The van der Waals surface area contributed by atoms with E-state index in [-0.39, 0.29) is 5.54 Å². The highest BCUT2D eigenvalue weighted by atomic mass is 16.4. The fourth-order valence-electron chi connectivity index (χ4n) is 0.548. The van der Waals surface area contributed by atoms with Crippen molar-refractivity contribution in [3.8, 4) is 0 Å². The molecule has 0 saturated heterocycles. The van der Waals surface area contributed by atoms with Gasteiger partial charge >= 0.3 is 6.01 Å². The lowest BCUT2D eigenvalue weighted by atomic mass is 10.1. The summed E-state index contributed by atoms with van der Waals surface area (Å²) in [6, 6.07) is 0.465. The first-order valence-corrected chi connectivity index (χ1v) is 3.12. The Bertz CT molecular complexity index is 187. The van der Waals surface area contributed by atoms with Gasteiger partial charge in [-0.15, -0.1) is 5.10 Å². The third-order valence-corrected chi connectivity index (χ3v) is 0.842. The Balaban J connectivity index is 2.57. The Morgan fingerprint density at radius 1 is 1.50 bits per heavy atom. The van der Waals surface area contributed by atoms with Crippen LogP contribution in [0, 0.1) is 0 Å². The van der Waals surface area contributed by atoms with Crippen LogP contribution in [0.5, 0.6) is 0 Å². The second-order valence-electron chi connectivity index (χ2n) is 3.12. The smallest absolute Gasteiger partial charge is 0.315 e. The maximum atomic E-state index is 4.88. The van der Waals surface area contributed by atoms with Crippen molar-refractivity contribution in [3.05, 3.63) is 6.39 Å². The Kier molecular flexibility index (Phi) is 1.61. The van der Waals surface area contributed by atoms with E-state index in [1.54, 1.807) is 0 Å². The normalized spacial score (nSPS) is 11.5. The van der Waals surface area contributed by atoms with E-state index in [1.807, 2.05) is 20.8 Å². The van der Waals surface area contributed by atoms with Gasteiger partial charge in [0.05, 0.1) is 0 Å². The van der Waals surface area contributed by atoms with Crippen LogP contribution in [0.1, 0.15) is 20.8 Å². The molecule has 0 aromatic carbocycles. The van der Waals surface area contributed by atoms with Gasteiger partial charge in [0, 0.05) is 5.54 Å². The van der Waals surface area contributed by atoms with Gasteiger partial charge in [-0.2, -0.15) is 0 Å². The molecule has 0 saturated carbocycles. The molecule has 0 aliphatic heterocycles. The molecule has 1 aromatic heterocycles. The van der Waals surface area contributed by atoms with Crippen LogP contribution in [0.15, 0.2) is 10.8 Å². The van der Waals surface area contributed by atoms with Gasteiger partial charge in [-0.05, 0) is 20.8 Å². The molecule has 4 heteroatoms. The molecule has 4 nitrogen and oxygen atoms in total. The summed E-state index contributed by atoms with van der Waals surface area (Å²) < 4.78 is 4.88. The first-order chi connectivity index (χ1) is 4.58. The summed E-state index contributed by atoms with van der Waals surface area (Å²) in [7, 11) is 0. The number of hydrogen-bond acceptors (Lipinski definition) is 4. The summed E-state index contributed by atoms with van der Waals surface area (Å²) in [6.07, 6.45) is 1.30. The van der Waals surface area contributed by atoms with E-state index in [0.29, 0.717) is 6.01 Å². The molecule has 0 aliphatic rings. The highest BCUT2D eigenvalue weighted by Gasteiger charge is 2.11. The molecule has 0 amide bonds. The molecule has 1 N–H and O–H groups in total. The van der Waals surface area contributed by atoms with Crippen molar-refractivity contribution < 1.29 is 4.42 Å². The van der Waals surface area contributed by atoms with E-state index in [4.69, 9.17) is 4.42 Å². The molecule has 0 spiro atoms. The van der Waals surface area contributed by atoms with E-state index in [9.17, 15) is 0 Å². The first-order valence-electron chi connectivity index (χ1n) is 3.12. The van der Waals surface area contributed by atoms with Crippen molar-refractivity contribution >= 4 is 6.01 Å². The Labute approximate surface area is 59.6 Å². The largest absolute Gasteiger partial charge is 0.411 e. The summed E-state index contributed by atoms with van der Waals surface area (Å²) in [5, 5.41) is 10.2. The third-order valence-electron chi connectivity index (χ3n) is 0.842. The molecule has 0 atom stereocenters. The summed E-state index contributed by atoms with van der Waals surface area (Å²) in [5.74, 6) is 0. The molecule has 0 radical (unpaired) electrons. The van der Waals surface area contributed by atoms with Gasteiger partial charge in [0.25, 0.3) is 0 Å². The maximum Gasteiger partial charge on any atom is 0.315 e. The lowest BCUT2D eigenvalue weighted by Gasteiger charge is -2.17. The predicted molar refractivity (Wildman–Crippen MR) is 37.7 cm³/mol. The van der Waals surface area contributed by atoms with Crippen molar-refractivity contribution in [2.75, 3.05) is 5.32 Å². The van der Waals surface area contributed by atoms with E-state index >= 15 is 0 Å². The second kappa shape index (κ2) is 2.28. The minimum atomic E-state index is -0.0213. The Morgan fingerprint density at radius 3 is 2.60 bits per heavy atom. The van der Waals surface area contributed by atoms with Crippen molar-refractivity contribution in [2.24, 2.45) is 0 Å².